The lowest BCUT2D eigenvalue weighted by molar-refractivity contribution is 0.103. The summed E-state index contributed by atoms with van der Waals surface area (Å²) >= 11 is 0. The van der Waals surface area contributed by atoms with Crippen LogP contribution in [0.25, 0.3) is 16.6 Å². The zero-order chi connectivity index (χ0) is 17.6. The van der Waals surface area contributed by atoms with Crippen LogP contribution in [-0.2, 0) is 0 Å². The molecule has 2 heterocycles. The number of nitrogens with zero attached hydrogens (tertiary/aromatic N) is 2. The van der Waals surface area contributed by atoms with Gasteiger partial charge in [-0.1, -0.05) is 42.0 Å². The number of carbonyl (C=O) groups is 1. The number of hydrogen-bond donors (Lipinski definition) is 1. The summed E-state index contributed by atoms with van der Waals surface area (Å²) in [6.07, 6.45) is 1.62. The van der Waals surface area contributed by atoms with Crippen LogP contribution in [0, 0.1) is 18.3 Å². The van der Waals surface area contributed by atoms with Crippen LogP contribution >= 0.6 is 0 Å². The number of H-pyrrole nitrogens is 1. The van der Waals surface area contributed by atoms with Crippen molar-refractivity contribution in [2.24, 2.45) is 0 Å². The first-order valence-electron chi connectivity index (χ1n) is 7.77. The van der Waals surface area contributed by atoms with Gasteiger partial charge in [0.15, 0.2) is 5.78 Å². The van der Waals surface area contributed by atoms with Gasteiger partial charge in [0.05, 0.1) is 16.5 Å². The molecule has 25 heavy (non-hydrogen) atoms. The molecule has 0 radical (unpaired) electrons. The minimum absolute atomic E-state index is 0.174. The first kappa shape index (κ1) is 14.9. The summed E-state index contributed by atoms with van der Waals surface area (Å²) in [7, 11) is 0. The van der Waals surface area contributed by atoms with Crippen molar-refractivity contribution < 1.29 is 4.79 Å². The van der Waals surface area contributed by atoms with Gasteiger partial charge in [-0.3, -0.25) is 9.59 Å². The van der Waals surface area contributed by atoms with Gasteiger partial charge in [0, 0.05) is 11.8 Å². The first-order valence-corrected chi connectivity index (χ1v) is 7.77. The van der Waals surface area contributed by atoms with E-state index in [1.165, 1.54) is 0 Å². The Labute approximate surface area is 142 Å². The molecule has 0 unspecified atom stereocenters. The zero-order valence-electron chi connectivity index (χ0n) is 13.4. The maximum atomic E-state index is 12.9. The van der Waals surface area contributed by atoms with Crippen molar-refractivity contribution >= 4 is 22.3 Å². The molecule has 0 aliphatic heterocycles. The number of carbonyl (C=O) groups excluding carboxylic acids is 1. The third-order valence-electron chi connectivity index (χ3n) is 4.32. The van der Waals surface area contributed by atoms with Crippen LogP contribution in [0.2, 0.25) is 0 Å². The third-order valence-corrected chi connectivity index (χ3v) is 4.32. The Morgan fingerprint density at radius 1 is 1.12 bits per heavy atom. The van der Waals surface area contributed by atoms with Crippen LogP contribution in [0.1, 0.15) is 27.0 Å². The highest BCUT2D eigenvalue weighted by atomic mass is 16.1. The standard InChI is InChI=1S/C20H13N3O2/c1-12-6-8-13(9-7-12)18(24)16-11-23-17-5-3-2-4-14(17)20(25)22-19(23)15(16)10-21/h2-9,11H,1H3,(H,22,25). The summed E-state index contributed by atoms with van der Waals surface area (Å²) < 4.78 is 1.69. The molecule has 2 aromatic carbocycles. The molecular formula is C20H13N3O2. The second-order valence-corrected chi connectivity index (χ2v) is 5.91. The van der Waals surface area contributed by atoms with Crippen LogP contribution in [0.3, 0.4) is 0 Å². The number of nitriles is 1. The molecule has 0 aliphatic rings. The van der Waals surface area contributed by atoms with Crippen LogP contribution in [0.15, 0.2) is 59.5 Å². The van der Waals surface area contributed by atoms with Crippen molar-refractivity contribution in [3.8, 4) is 6.07 Å². The minimum Gasteiger partial charge on any atom is -0.306 e. The minimum atomic E-state index is -0.285. The third kappa shape index (κ3) is 2.24. The van der Waals surface area contributed by atoms with E-state index in [0.29, 0.717) is 22.1 Å². The number of hydrogen-bond acceptors (Lipinski definition) is 3. The fraction of sp³-hybridized carbons (Fsp3) is 0.0500. The molecule has 0 aliphatic carbocycles. The van der Waals surface area contributed by atoms with Crippen molar-refractivity contribution in [1.29, 1.82) is 5.26 Å². The summed E-state index contributed by atoms with van der Waals surface area (Å²) in [6, 6.07) is 16.3. The molecule has 0 spiro atoms. The molecule has 0 bridgehead atoms. The summed E-state index contributed by atoms with van der Waals surface area (Å²) in [5.41, 5.74) is 2.71. The maximum absolute atomic E-state index is 12.9. The van der Waals surface area contributed by atoms with Crippen LogP contribution in [0.5, 0.6) is 0 Å². The second kappa shape index (κ2) is 5.46. The molecular weight excluding hydrogens is 314 g/mol. The van der Waals surface area contributed by atoms with Crippen molar-refractivity contribution in [1.82, 2.24) is 9.38 Å². The Morgan fingerprint density at radius 2 is 1.84 bits per heavy atom. The van der Waals surface area contributed by atoms with Crippen LogP contribution in [0.4, 0.5) is 0 Å². The fourth-order valence-electron chi connectivity index (χ4n) is 3.02. The van der Waals surface area contributed by atoms with Gasteiger partial charge >= 0.3 is 0 Å². The highest BCUT2D eigenvalue weighted by Crippen LogP contribution is 2.22. The Hall–Kier alpha value is -3.65. The topological polar surface area (TPSA) is 78.1 Å². The monoisotopic (exact) mass is 327 g/mol. The van der Waals surface area contributed by atoms with Gasteiger partial charge in [-0.2, -0.15) is 5.26 Å². The number of ketones is 1. The van der Waals surface area contributed by atoms with E-state index in [9.17, 15) is 14.9 Å². The predicted molar refractivity (Wildman–Crippen MR) is 94.9 cm³/mol. The zero-order valence-corrected chi connectivity index (χ0v) is 13.4. The second-order valence-electron chi connectivity index (χ2n) is 5.91. The summed E-state index contributed by atoms with van der Waals surface area (Å²) in [5, 5.41) is 10.1. The Balaban J connectivity index is 2.04. The fourth-order valence-corrected chi connectivity index (χ4v) is 3.02. The van der Waals surface area contributed by atoms with E-state index in [0.717, 1.165) is 5.56 Å². The van der Waals surface area contributed by atoms with Gasteiger partial charge in [0.25, 0.3) is 5.56 Å². The van der Waals surface area contributed by atoms with Gasteiger partial charge in [-0.15, -0.1) is 0 Å². The number of rotatable bonds is 2. The van der Waals surface area contributed by atoms with E-state index in [2.05, 4.69) is 11.1 Å². The summed E-state index contributed by atoms with van der Waals surface area (Å²) in [5.74, 6) is -0.245. The number of aromatic nitrogens is 2. The molecule has 0 atom stereocenters. The highest BCUT2D eigenvalue weighted by Gasteiger charge is 2.20. The summed E-state index contributed by atoms with van der Waals surface area (Å²) in [4.78, 5) is 27.9. The Bertz CT molecular complexity index is 1240. The molecule has 5 nitrogen and oxygen atoms in total. The molecule has 4 rings (SSSR count). The lowest BCUT2D eigenvalue weighted by atomic mass is 10.0. The first-order chi connectivity index (χ1) is 12.1. The molecule has 120 valence electrons. The highest BCUT2D eigenvalue weighted by molar-refractivity contribution is 6.11. The van der Waals surface area contributed by atoms with Gasteiger partial charge in [-0.05, 0) is 19.1 Å². The van der Waals surface area contributed by atoms with Gasteiger partial charge in [0.1, 0.15) is 17.3 Å². The van der Waals surface area contributed by atoms with E-state index in [1.54, 1.807) is 40.9 Å². The van der Waals surface area contributed by atoms with E-state index < -0.39 is 0 Å². The lowest BCUT2D eigenvalue weighted by Crippen LogP contribution is -2.09. The largest absolute Gasteiger partial charge is 0.306 e. The van der Waals surface area contributed by atoms with E-state index in [4.69, 9.17) is 0 Å². The van der Waals surface area contributed by atoms with Gasteiger partial charge in [-0.25, -0.2) is 0 Å². The molecule has 0 fully saturated rings. The smallest absolute Gasteiger partial charge is 0.258 e. The molecule has 5 heteroatoms. The number of para-hydroxylation sites is 1. The van der Waals surface area contributed by atoms with E-state index in [1.807, 2.05) is 25.1 Å². The molecule has 0 amide bonds. The average Bonchev–Trinajstić information content (AvgIpc) is 3.00. The maximum Gasteiger partial charge on any atom is 0.258 e. The number of aromatic amines is 1. The number of nitrogens with one attached hydrogen (secondary N) is 1. The van der Waals surface area contributed by atoms with E-state index >= 15 is 0 Å². The summed E-state index contributed by atoms with van der Waals surface area (Å²) in [6.45, 7) is 1.94. The molecule has 1 N–H and O–H groups in total. The van der Waals surface area contributed by atoms with Gasteiger partial charge in [0.2, 0.25) is 0 Å². The number of benzene rings is 2. The Kier molecular flexibility index (Phi) is 3.26. The predicted octanol–water partition coefficient (Wildman–Crippen LogP) is 3.19. The van der Waals surface area contributed by atoms with Crippen LogP contribution < -0.4 is 5.56 Å². The van der Waals surface area contributed by atoms with Gasteiger partial charge < -0.3 is 9.38 Å². The average molecular weight is 327 g/mol. The van der Waals surface area contributed by atoms with Crippen molar-refractivity contribution in [2.75, 3.05) is 0 Å². The SMILES string of the molecule is Cc1ccc(C(=O)c2cn3c([nH]c(=O)c4ccccc43)c2C#N)cc1. The van der Waals surface area contributed by atoms with Crippen LogP contribution in [-0.4, -0.2) is 15.2 Å². The quantitative estimate of drug-likeness (QED) is 0.574. The molecule has 0 saturated heterocycles. The molecule has 0 saturated carbocycles. The Morgan fingerprint density at radius 3 is 2.56 bits per heavy atom. The van der Waals surface area contributed by atoms with Crippen molar-refractivity contribution in [3.63, 3.8) is 0 Å². The lowest BCUT2D eigenvalue weighted by Gasteiger charge is -2.01. The van der Waals surface area contributed by atoms with E-state index in [-0.39, 0.29) is 22.5 Å². The van der Waals surface area contributed by atoms with Crippen molar-refractivity contribution in [3.05, 3.63) is 87.3 Å². The molecule has 4 aromatic rings. The molecule has 2 aromatic heterocycles. The number of fused-ring (bicyclic) bond motifs is 3. The number of aryl methyl sites for hydroxylation is 1. The normalized spacial score (nSPS) is 10.9. The van der Waals surface area contributed by atoms with Crippen molar-refractivity contribution in [2.45, 2.75) is 6.92 Å².